The summed E-state index contributed by atoms with van der Waals surface area (Å²) < 4.78 is 0. The summed E-state index contributed by atoms with van der Waals surface area (Å²) in [7, 11) is -2.46. The van der Waals surface area contributed by atoms with Gasteiger partial charge in [-0.15, -0.1) is 0 Å². The van der Waals surface area contributed by atoms with Crippen molar-refractivity contribution >= 4 is 28.8 Å². The third-order valence-electron chi connectivity index (χ3n) is 9.33. The summed E-state index contributed by atoms with van der Waals surface area (Å²) in [5, 5.41) is 5.90. The Morgan fingerprint density at radius 2 is 1.06 bits per heavy atom. The van der Waals surface area contributed by atoms with Gasteiger partial charge in [0.1, 0.15) is 0 Å². The van der Waals surface area contributed by atoms with E-state index in [1.54, 1.807) is 11.1 Å². The Morgan fingerprint density at radius 3 is 1.59 bits per heavy atom. The molecule has 1 saturated carbocycles. The first-order chi connectivity index (χ1) is 16.6. The van der Waals surface area contributed by atoms with Gasteiger partial charge in [-0.05, 0) is 62.0 Å². The van der Waals surface area contributed by atoms with Crippen molar-refractivity contribution in [1.29, 1.82) is 0 Å². The molecular weight excluding hydrogens is 424 g/mol. The summed E-state index contributed by atoms with van der Waals surface area (Å²) in [5.41, 5.74) is 3.89. The van der Waals surface area contributed by atoms with Gasteiger partial charge < -0.3 is 0 Å². The first-order valence-corrected chi connectivity index (χ1v) is 14.9. The average Bonchev–Trinajstić information content (AvgIpc) is 3.13. The van der Waals surface area contributed by atoms with Gasteiger partial charge in [0, 0.05) is 0 Å². The molecule has 1 heteroatoms. The fourth-order valence-corrected chi connectivity index (χ4v) is 12.0. The smallest absolute Gasteiger partial charge is 0.0623 e. The zero-order chi connectivity index (χ0) is 23.2. The maximum Gasteiger partial charge on any atom is 0.179 e. The van der Waals surface area contributed by atoms with Crippen molar-refractivity contribution in [1.82, 2.24) is 0 Å². The van der Waals surface area contributed by atoms with Crippen LogP contribution in [0.5, 0.6) is 0 Å². The molecule has 0 nitrogen and oxygen atoms in total. The molecule has 0 aliphatic heterocycles. The molecule has 170 valence electrons. The van der Waals surface area contributed by atoms with E-state index in [2.05, 4.69) is 123 Å². The summed E-state index contributed by atoms with van der Waals surface area (Å²) >= 11 is 0. The van der Waals surface area contributed by atoms with Gasteiger partial charge in [-0.2, -0.15) is 0 Å². The zero-order valence-corrected chi connectivity index (χ0v) is 21.4. The second-order valence-corrected chi connectivity index (χ2v) is 14.8. The fraction of sp³-hybridized carbons (Fsp3) is 0.273. The van der Waals surface area contributed by atoms with Crippen LogP contribution in [-0.4, -0.2) is 8.07 Å². The topological polar surface area (TPSA) is 0 Å². The zero-order valence-electron chi connectivity index (χ0n) is 20.4. The largest absolute Gasteiger partial charge is 0.179 e. The molecule has 4 aromatic rings. The van der Waals surface area contributed by atoms with Crippen molar-refractivity contribution in [3.05, 3.63) is 120 Å². The minimum atomic E-state index is -2.46. The van der Waals surface area contributed by atoms with Crippen molar-refractivity contribution < 1.29 is 0 Å². The molecule has 0 aromatic heterocycles. The van der Waals surface area contributed by atoms with Crippen LogP contribution in [0.2, 0.25) is 0 Å². The van der Waals surface area contributed by atoms with Crippen LogP contribution < -0.4 is 20.7 Å². The molecule has 4 aromatic carbocycles. The second-order valence-electron chi connectivity index (χ2n) is 11.0. The van der Waals surface area contributed by atoms with E-state index in [9.17, 15) is 0 Å². The number of benzene rings is 4. The summed E-state index contributed by atoms with van der Waals surface area (Å²) in [5.74, 6) is 0. The molecule has 0 heterocycles. The molecule has 2 aliphatic rings. The van der Waals surface area contributed by atoms with Crippen LogP contribution in [0, 0.1) is 5.41 Å². The molecule has 1 fully saturated rings. The van der Waals surface area contributed by atoms with Gasteiger partial charge >= 0.3 is 0 Å². The van der Waals surface area contributed by atoms with Crippen molar-refractivity contribution in [3.63, 3.8) is 0 Å². The van der Waals surface area contributed by atoms with E-state index in [0.717, 1.165) is 0 Å². The van der Waals surface area contributed by atoms with E-state index in [4.69, 9.17) is 0 Å². The van der Waals surface area contributed by atoms with Crippen molar-refractivity contribution in [3.8, 4) is 0 Å². The molecule has 2 aliphatic carbocycles. The van der Waals surface area contributed by atoms with Crippen LogP contribution in [0.3, 0.4) is 0 Å². The lowest BCUT2D eigenvalue weighted by Gasteiger charge is -2.46. The number of fused-ring (bicyclic) bond motifs is 3. The van der Waals surface area contributed by atoms with Gasteiger partial charge in [-0.1, -0.05) is 136 Å². The molecule has 0 amide bonds. The molecule has 0 spiro atoms. The third-order valence-corrected chi connectivity index (χ3v) is 14.1. The van der Waals surface area contributed by atoms with Gasteiger partial charge in [-0.3, -0.25) is 0 Å². The Bertz CT molecular complexity index is 1200. The van der Waals surface area contributed by atoms with E-state index in [1.807, 2.05) is 0 Å². The third kappa shape index (κ3) is 3.03. The monoisotopic (exact) mass is 458 g/mol. The van der Waals surface area contributed by atoms with Gasteiger partial charge in [0.05, 0.1) is 0 Å². The number of hydrogen-bond donors (Lipinski definition) is 0. The summed E-state index contributed by atoms with van der Waals surface area (Å²) in [6, 6.07) is 41.6. The number of rotatable bonds is 4. The van der Waals surface area contributed by atoms with Crippen LogP contribution in [0.25, 0.3) is 0 Å². The Labute approximate surface area is 205 Å². The Balaban J connectivity index is 1.67. The SMILES string of the molecule is CC12CCCCC1(C)c1cc([Si](c3ccccc3)(c3ccccc3)c3ccccc3)ccc1C2. The van der Waals surface area contributed by atoms with Crippen LogP contribution >= 0.6 is 0 Å². The Hall–Kier alpha value is -2.90. The predicted molar refractivity (Wildman–Crippen MR) is 148 cm³/mol. The maximum atomic E-state index is 2.66. The van der Waals surface area contributed by atoms with E-state index < -0.39 is 8.07 Å². The second kappa shape index (κ2) is 8.10. The van der Waals surface area contributed by atoms with Crippen LogP contribution in [0.4, 0.5) is 0 Å². The molecular formula is C33H34Si. The highest BCUT2D eigenvalue weighted by Gasteiger charge is 2.53. The van der Waals surface area contributed by atoms with E-state index in [-0.39, 0.29) is 5.41 Å². The first kappa shape index (κ1) is 21.6. The quantitative estimate of drug-likeness (QED) is 0.281. The Kier molecular flexibility index (Phi) is 5.15. The van der Waals surface area contributed by atoms with Crippen LogP contribution in [0.1, 0.15) is 50.7 Å². The lowest BCUT2D eigenvalue weighted by molar-refractivity contribution is 0.110. The normalized spacial score (nSPS) is 23.8. The standard InChI is InChI=1S/C33H34Si/c1-32-22-12-13-23-33(32,2)31-24-30(21-20-26(31)25-32)34(27-14-6-3-7-15-27,28-16-8-4-9-17-28)29-18-10-5-11-19-29/h3-11,14-21,24H,12-13,22-23,25H2,1-2H3. The van der Waals surface area contributed by atoms with Crippen LogP contribution in [0.15, 0.2) is 109 Å². The molecule has 0 radical (unpaired) electrons. The summed E-state index contributed by atoms with van der Waals surface area (Å²) in [4.78, 5) is 0. The lowest BCUT2D eigenvalue weighted by atomic mass is 9.58. The highest BCUT2D eigenvalue weighted by Crippen LogP contribution is 2.59. The van der Waals surface area contributed by atoms with Gasteiger partial charge in [-0.25, -0.2) is 0 Å². The van der Waals surface area contributed by atoms with Gasteiger partial charge in [0.25, 0.3) is 0 Å². The van der Waals surface area contributed by atoms with Gasteiger partial charge in [0.15, 0.2) is 8.07 Å². The van der Waals surface area contributed by atoms with Gasteiger partial charge in [0.2, 0.25) is 0 Å². The van der Waals surface area contributed by atoms with E-state index >= 15 is 0 Å². The minimum absolute atomic E-state index is 0.279. The maximum absolute atomic E-state index is 2.66. The molecule has 2 unspecified atom stereocenters. The molecule has 0 bridgehead atoms. The van der Waals surface area contributed by atoms with E-state index in [0.29, 0.717) is 5.41 Å². The molecule has 2 atom stereocenters. The fourth-order valence-electron chi connectivity index (χ4n) is 7.28. The van der Waals surface area contributed by atoms with E-state index in [1.165, 1.54) is 52.9 Å². The van der Waals surface area contributed by atoms with Crippen molar-refractivity contribution in [2.75, 3.05) is 0 Å². The van der Waals surface area contributed by atoms with Crippen LogP contribution in [-0.2, 0) is 11.8 Å². The van der Waals surface area contributed by atoms with Crippen molar-refractivity contribution in [2.24, 2.45) is 5.41 Å². The highest BCUT2D eigenvalue weighted by atomic mass is 28.3. The molecule has 34 heavy (non-hydrogen) atoms. The Morgan fingerprint density at radius 1 is 0.559 bits per heavy atom. The molecule has 0 saturated heterocycles. The molecule has 6 rings (SSSR count). The summed E-state index contributed by atoms with van der Waals surface area (Å²) in [6.07, 6.45) is 6.64. The first-order valence-electron chi connectivity index (χ1n) is 12.9. The predicted octanol–water partition coefficient (Wildman–Crippen LogP) is 5.46. The summed E-state index contributed by atoms with van der Waals surface area (Å²) in [6.45, 7) is 5.13. The molecule has 0 N–H and O–H groups in total. The van der Waals surface area contributed by atoms with Crippen molar-refractivity contribution in [2.45, 2.75) is 51.4 Å². The average molecular weight is 459 g/mol. The lowest BCUT2D eigenvalue weighted by Crippen LogP contribution is -2.74. The number of hydrogen-bond acceptors (Lipinski definition) is 0. The minimum Gasteiger partial charge on any atom is -0.0623 e. The highest BCUT2D eigenvalue weighted by molar-refractivity contribution is 7.19.